The summed E-state index contributed by atoms with van der Waals surface area (Å²) in [6.07, 6.45) is 8.74. The Morgan fingerprint density at radius 2 is 2.00 bits per heavy atom. The topological polar surface area (TPSA) is 64.0 Å². The lowest BCUT2D eigenvalue weighted by Gasteiger charge is -2.33. The maximum Gasteiger partial charge on any atom is 0.164 e. The van der Waals surface area contributed by atoms with Gasteiger partial charge in [-0.3, -0.25) is 4.98 Å². The highest BCUT2D eigenvalue weighted by atomic mass is 35.5. The van der Waals surface area contributed by atoms with Crippen LogP contribution in [0.5, 0.6) is 5.75 Å². The lowest BCUT2D eigenvalue weighted by Crippen LogP contribution is -2.36. The Kier molecular flexibility index (Phi) is 4.61. The van der Waals surface area contributed by atoms with Crippen molar-refractivity contribution in [3.63, 3.8) is 0 Å². The standard InChI is InChI=1S/C18H18ClN5O/c19-15-10-20-7-3-16(15)25-11-13-4-8-24(9-5-13)18-14-2-1-6-21-17(14)22-12-23-18/h1-3,6-7,10,12-13H,4-5,8-9,11H2. The number of rotatable bonds is 4. The van der Waals surface area contributed by atoms with Gasteiger partial charge in [-0.05, 0) is 30.9 Å². The monoisotopic (exact) mass is 355 g/mol. The average Bonchev–Trinajstić information content (AvgIpc) is 2.67. The van der Waals surface area contributed by atoms with Crippen LogP contribution in [-0.2, 0) is 0 Å². The molecule has 1 fully saturated rings. The highest BCUT2D eigenvalue weighted by Crippen LogP contribution is 2.28. The summed E-state index contributed by atoms with van der Waals surface area (Å²) < 4.78 is 5.86. The molecule has 7 heteroatoms. The molecular weight excluding hydrogens is 338 g/mol. The van der Waals surface area contributed by atoms with Gasteiger partial charge in [0.15, 0.2) is 5.65 Å². The van der Waals surface area contributed by atoms with Crippen molar-refractivity contribution >= 4 is 28.5 Å². The van der Waals surface area contributed by atoms with Crippen molar-refractivity contribution in [2.45, 2.75) is 12.8 Å². The Labute approximate surface area is 150 Å². The zero-order valence-corrected chi connectivity index (χ0v) is 14.4. The molecule has 3 aromatic rings. The minimum atomic E-state index is 0.506. The van der Waals surface area contributed by atoms with E-state index >= 15 is 0 Å². The molecule has 128 valence electrons. The first kappa shape index (κ1) is 16.0. The number of aromatic nitrogens is 4. The third kappa shape index (κ3) is 3.49. The van der Waals surface area contributed by atoms with Crippen LogP contribution in [0.15, 0.2) is 43.1 Å². The minimum Gasteiger partial charge on any atom is -0.492 e. The van der Waals surface area contributed by atoms with Crippen molar-refractivity contribution in [1.29, 1.82) is 0 Å². The van der Waals surface area contributed by atoms with Gasteiger partial charge in [-0.15, -0.1) is 0 Å². The fourth-order valence-electron chi connectivity index (χ4n) is 3.13. The zero-order chi connectivity index (χ0) is 17.1. The molecule has 0 atom stereocenters. The number of anilines is 1. The van der Waals surface area contributed by atoms with Crippen LogP contribution in [0.1, 0.15) is 12.8 Å². The van der Waals surface area contributed by atoms with Crippen molar-refractivity contribution in [2.24, 2.45) is 5.92 Å². The maximum atomic E-state index is 6.08. The first-order valence-corrected chi connectivity index (χ1v) is 8.72. The summed E-state index contributed by atoms with van der Waals surface area (Å²) in [5.74, 6) is 2.17. The van der Waals surface area contributed by atoms with Crippen LogP contribution in [0, 0.1) is 5.92 Å². The molecule has 1 aliphatic heterocycles. The van der Waals surface area contributed by atoms with E-state index in [-0.39, 0.29) is 0 Å². The molecule has 0 saturated carbocycles. The van der Waals surface area contributed by atoms with E-state index < -0.39 is 0 Å². The Bertz CT molecular complexity index is 861. The predicted octanol–water partition coefficient (Wildman–Crippen LogP) is 3.37. The zero-order valence-electron chi connectivity index (χ0n) is 13.7. The van der Waals surface area contributed by atoms with Crippen LogP contribution in [0.2, 0.25) is 5.02 Å². The van der Waals surface area contributed by atoms with E-state index in [1.165, 1.54) is 0 Å². The molecule has 4 heterocycles. The molecule has 0 unspecified atom stereocenters. The second-order valence-electron chi connectivity index (χ2n) is 6.12. The molecule has 0 bridgehead atoms. The number of piperidine rings is 1. The van der Waals surface area contributed by atoms with Gasteiger partial charge in [0.2, 0.25) is 0 Å². The van der Waals surface area contributed by atoms with Gasteiger partial charge in [-0.2, -0.15) is 0 Å². The summed E-state index contributed by atoms with van der Waals surface area (Å²) in [4.78, 5) is 19.3. The number of pyridine rings is 2. The summed E-state index contributed by atoms with van der Waals surface area (Å²) in [5, 5.41) is 1.56. The molecule has 0 radical (unpaired) electrons. The predicted molar refractivity (Wildman–Crippen MR) is 97.0 cm³/mol. The molecule has 0 aliphatic carbocycles. The minimum absolute atomic E-state index is 0.506. The van der Waals surface area contributed by atoms with E-state index in [0.717, 1.165) is 42.8 Å². The van der Waals surface area contributed by atoms with Gasteiger partial charge in [0, 0.05) is 37.7 Å². The Balaban J connectivity index is 1.39. The molecule has 6 nitrogen and oxygen atoms in total. The van der Waals surface area contributed by atoms with Gasteiger partial charge in [0.1, 0.15) is 22.9 Å². The molecule has 0 N–H and O–H groups in total. The number of halogens is 1. The highest BCUT2D eigenvalue weighted by molar-refractivity contribution is 6.31. The summed E-state index contributed by atoms with van der Waals surface area (Å²) in [6, 6.07) is 5.75. The molecule has 0 amide bonds. The lowest BCUT2D eigenvalue weighted by molar-refractivity contribution is 0.222. The summed E-state index contributed by atoms with van der Waals surface area (Å²) >= 11 is 6.08. The summed E-state index contributed by atoms with van der Waals surface area (Å²) in [5.41, 5.74) is 0.741. The smallest absolute Gasteiger partial charge is 0.164 e. The van der Waals surface area contributed by atoms with Crippen LogP contribution in [0.25, 0.3) is 11.0 Å². The Morgan fingerprint density at radius 1 is 1.12 bits per heavy atom. The summed E-state index contributed by atoms with van der Waals surface area (Å²) in [7, 11) is 0. The normalized spacial score (nSPS) is 15.5. The third-order valence-electron chi connectivity index (χ3n) is 4.51. The maximum absolute atomic E-state index is 6.08. The van der Waals surface area contributed by atoms with Crippen molar-refractivity contribution in [2.75, 3.05) is 24.6 Å². The first-order chi connectivity index (χ1) is 12.3. The second-order valence-corrected chi connectivity index (χ2v) is 6.53. The van der Waals surface area contributed by atoms with Crippen molar-refractivity contribution in [3.05, 3.63) is 48.1 Å². The molecule has 0 aromatic carbocycles. The average molecular weight is 356 g/mol. The number of hydrogen-bond donors (Lipinski definition) is 0. The highest BCUT2D eigenvalue weighted by Gasteiger charge is 2.22. The van der Waals surface area contributed by atoms with Crippen LogP contribution < -0.4 is 9.64 Å². The SMILES string of the molecule is Clc1cnccc1OCC1CCN(c2ncnc3ncccc23)CC1. The third-order valence-corrected chi connectivity index (χ3v) is 4.80. The number of ether oxygens (including phenoxy) is 1. The fraction of sp³-hybridized carbons (Fsp3) is 0.333. The molecule has 0 spiro atoms. The van der Waals surface area contributed by atoms with E-state index in [1.807, 2.05) is 12.1 Å². The van der Waals surface area contributed by atoms with Crippen LogP contribution in [0.3, 0.4) is 0 Å². The van der Waals surface area contributed by atoms with Gasteiger partial charge < -0.3 is 9.64 Å². The summed E-state index contributed by atoms with van der Waals surface area (Å²) in [6.45, 7) is 2.56. The van der Waals surface area contributed by atoms with E-state index in [9.17, 15) is 0 Å². The van der Waals surface area contributed by atoms with E-state index in [2.05, 4.69) is 24.8 Å². The van der Waals surface area contributed by atoms with Crippen molar-refractivity contribution in [1.82, 2.24) is 19.9 Å². The van der Waals surface area contributed by atoms with E-state index in [1.54, 1.807) is 31.0 Å². The number of hydrogen-bond acceptors (Lipinski definition) is 6. The largest absolute Gasteiger partial charge is 0.492 e. The van der Waals surface area contributed by atoms with Crippen LogP contribution in [0.4, 0.5) is 5.82 Å². The lowest BCUT2D eigenvalue weighted by atomic mass is 9.97. The fourth-order valence-corrected chi connectivity index (χ4v) is 3.31. The van der Waals surface area contributed by atoms with Crippen LogP contribution in [-0.4, -0.2) is 39.6 Å². The van der Waals surface area contributed by atoms with Gasteiger partial charge >= 0.3 is 0 Å². The van der Waals surface area contributed by atoms with Crippen molar-refractivity contribution in [3.8, 4) is 5.75 Å². The molecule has 1 aliphatic rings. The van der Waals surface area contributed by atoms with Crippen LogP contribution >= 0.6 is 11.6 Å². The van der Waals surface area contributed by atoms with Gasteiger partial charge in [-0.25, -0.2) is 15.0 Å². The van der Waals surface area contributed by atoms with Gasteiger partial charge in [0.25, 0.3) is 0 Å². The van der Waals surface area contributed by atoms with E-state index in [0.29, 0.717) is 23.3 Å². The van der Waals surface area contributed by atoms with Crippen molar-refractivity contribution < 1.29 is 4.74 Å². The first-order valence-electron chi connectivity index (χ1n) is 8.34. The Morgan fingerprint density at radius 3 is 2.84 bits per heavy atom. The molecular formula is C18H18ClN5O. The van der Waals surface area contributed by atoms with Gasteiger partial charge in [0.05, 0.1) is 12.0 Å². The van der Waals surface area contributed by atoms with E-state index in [4.69, 9.17) is 16.3 Å². The Hall–Kier alpha value is -2.47. The molecule has 3 aromatic heterocycles. The van der Waals surface area contributed by atoms with Gasteiger partial charge in [-0.1, -0.05) is 11.6 Å². The number of fused-ring (bicyclic) bond motifs is 1. The second kappa shape index (κ2) is 7.19. The number of nitrogens with zero attached hydrogens (tertiary/aromatic N) is 5. The molecule has 25 heavy (non-hydrogen) atoms. The molecule has 4 rings (SSSR count). The quantitative estimate of drug-likeness (QED) is 0.715. The molecule has 1 saturated heterocycles.